The van der Waals surface area contributed by atoms with Gasteiger partial charge in [-0.15, -0.1) is 5.10 Å². The van der Waals surface area contributed by atoms with E-state index in [9.17, 15) is 0 Å². The number of aryl methyl sites for hydroxylation is 1. The van der Waals surface area contributed by atoms with E-state index in [0.29, 0.717) is 11.8 Å². The molecule has 2 N–H and O–H groups in total. The van der Waals surface area contributed by atoms with Crippen molar-refractivity contribution in [3.63, 3.8) is 0 Å². The monoisotopic (exact) mass is 286 g/mol. The summed E-state index contributed by atoms with van der Waals surface area (Å²) in [5.74, 6) is 1.23. The second kappa shape index (κ2) is 7.54. The number of rotatable bonds is 7. The molecular weight excluding hydrogens is 264 g/mol. The van der Waals surface area contributed by atoms with Crippen molar-refractivity contribution in [2.75, 3.05) is 37.8 Å². The highest BCUT2D eigenvalue weighted by molar-refractivity contribution is 5.56. The van der Waals surface area contributed by atoms with Gasteiger partial charge in [0, 0.05) is 12.2 Å². The lowest BCUT2D eigenvalue weighted by Crippen LogP contribution is -2.17. The Kier molecular flexibility index (Phi) is 5.45. The number of nitrogens with zero attached hydrogens (tertiary/aromatic N) is 4. The quantitative estimate of drug-likeness (QED) is 0.761. The van der Waals surface area contributed by atoms with Gasteiger partial charge in [0.2, 0.25) is 5.95 Å². The molecule has 1 aromatic heterocycles. The van der Waals surface area contributed by atoms with E-state index in [1.54, 1.807) is 6.20 Å². The van der Waals surface area contributed by atoms with Crippen LogP contribution in [0, 0.1) is 6.92 Å². The Morgan fingerprint density at radius 1 is 1.14 bits per heavy atom. The summed E-state index contributed by atoms with van der Waals surface area (Å²) in [6, 6.07) is 8.14. The Morgan fingerprint density at radius 2 is 1.90 bits per heavy atom. The maximum atomic E-state index is 4.40. The standard InChI is InChI=1S/C15H22N6/c1-12-5-7-13(8-6-12)18-14-11-17-20-15(19-14)16-9-4-10-21(2)3/h5-8,11H,4,9-10H2,1-3H3,(H2,16,18,19,20). The predicted molar refractivity (Wildman–Crippen MR) is 85.9 cm³/mol. The molecular formula is C15H22N6. The molecule has 21 heavy (non-hydrogen) atoms. The molecule has 0 unspecified atom stereocenters. The van der Waals surface area contributed by atoms with Crippen LogP contribution in [0.2, 0.25) is 0 Å². The summed E-state index contributed by atoms with van der Waals surface area (Å²) in [7, 11) is 4.12. The summed E-state index contributed by atoms with van der Waals surface area (Å²) < 4.78 is 0. The minimum Gasteiger partial charge on any atom is -0.353 e. The summed E-state index contributed by atoms with van der Waals surface area (Å²) in [5, 5.41) is 14.4. The van der Waals surface area contributed by atoms with Gasteiger partial charge < -0.3 is 15.5 Å². The SMILES string of the molecule is Cc1ccc(Nc2cnnc(NCCCN(C)C)n2)cc1. The average Bonchev–Trinajstić information content (AvgIpc) is 2.46. The third kappa shape index (κ3) is 5.35. The molecule has 0 aliphatic rings. The van der Waals surface area contributed by atoms with Gasteiger partial charge in [-0.3, -0.25) is 0 Å². The molecule has 6 nitrogen and oxygen atoms in total. The van der Waals surface area contributed by atoms with Crippen molar-refractivity contribution in [2.24, 2.45) is 0 Å². The van der Waals surface area contributed by atoms with Gasteiger partial charge in [-0.05, 0) is 46.1 Å². The van der Waals surface area contributed by atoms with Gasteiger partial charge in [0.25, 0.3) is 0 Å². The fourth-order valence-corrected chi connectivity index (χ4v) is 1.82. The molecule has 0 bridgehead atoms. The highest BCUT2D eigenvalue weighted by Gasteiger charge is 2.01. The Morgan fingerprint density at radius 3 is 2.62 bits per heavy atom. The van der Waals surface area contributed by atoms with Crippen LogP contribution in [0.25, 0.3) is 0 Å². The van der Waals surface area contributed by atoms with Crippen LogP contribution in [-0.4, -0.2) is 47.3 Å². The van der Waals surface area contributed by atoms with Gasteiger partial charge in [0.15, 0.2) is 5.82 Å². The number of hydrogen-bond acceptors (Lipinski definition) is 6. The van der Waals surface area contributed by atoms with E-state index in [4.69, 9.17) is 0 Å². The van der Waals surface area contributed by atoms with Crippen molar-refractivity contribution in [1.29, 1.82) is 0 Å². The van der Waals surface area contributed by atoms with E-state index >= 15 is 0 Å². The second-order valence-corrected chi connectivity index (χ2v) is 5.24. The molecule has 0 fully saturated rings. The summed E-state index contributed by atoms with van der Waals surface area (Å²) in [5.41, 5.74) is 2.21. The van der Waals surface area contributed by atoms with Gasteiger partial charge in [0.05, 0.1) is 6.20 Å². The molecule has 0 radical (unpaired) electrons. The molecule has 0 aliphatic heterocycles. The first-order valence-corrected chi connectivity index (χ1v) is 7.05. The Bertz CT molecular complexity index is 552. The van der Waals surface area contributed by atoms with Crippen LogP contribution in [-0.2, 0) is 0 Å². The first kappa shape index (κ1) is 15.2. The fraction of sp³-hybridized carbons (Fsp3) is 0.400. The first-order chi connectivity index (χ1) is 10.1. The molecule has 0 atom stereocenters. The predicted octanol–water partition coefficient (Wildman–Crippen LogP) is 2.29. The Balaban J connectivity index is 1.89. The van der Waals surface area contributed by atoms with E-state index in [1.165, 1.54) is 5.56 Å². The first-order valence-electron chi connectivity index (χ1n) is 7.05. The lowest BCUT2D eigenvalue weighted by molar-refractivity contribution is 0.405. The van der Waals surface area contributed by atoms with E-state index in [1.807, 2.05) is 12.1 Å². The summed E-state index contributed by atoms with van der Waals surface area (Å²) >= 11 is 0. The van der Waals surface area contributed by atoms with Crippen LogP contribution in [0.15, 0.2) is 30.5 Å². The molecule has 6 heteroatoms. The van der Waals surface area contributed by atoms with Gasteiger partial charge in [0.1, 0.15) is 0 Å². The maximum absolute atomic E-state index is 4.40. The fourth-order valence-electron chi connectivity index (χ4n) is 1.82. The lowest BCUT2D eigenvalue weighted by Gasteiger charge is -2.10. The topological polar surface area (TPSA) is 66.0 Å². The van der Waals surface area contributed by atoms with Crippen molar-refractivity contribution in [2.45, 2.75) is 13.3 Å². The van der Waals surface area contributed by atoms with Gasteiger partial charge in [-0.25, -0.2) is 0 Å². The smallest absolute Gasteiger partial charge is 0.244 e. The molecule has 0 amide bonds. The van der Waals surface area contributed by atoms with Crippen molar-refractivity contribution < 1.29 is 0 Å². The number of aromatic nitrogens is 3. The normalized spacial score (nSPS) is 10.7. The number of benzene rings is 1. The number of hydrogen-bond donors (Lipinski definition) is 2. The van der Waals surface area contributed by atoms with Gasteiger partial charge in [-0.2, -0.15) is 10.1 Å². The molecule has 112 valence electrons. The molecule has 2 aromatic rings. The molecule has 0 saturated carbocycles. The zero-order valence-electron chi connectivity index (χ0n) is 12.8. The molecule has 1 heterocycles. The van der Waals surface area contributed by atoms with Crippen LogP contribution in [0.5, 0.6) is 0 Å². The van der Waals surface area contributed by atoms with E-state index < -0.39 is 0 Å². The third-order valence-corrected chi connectivity index (χ3v) is 2.95. The van der Waals surface area contributed by atoms with Crippen molar-refractivity contribution in [1.82, 2.24) is 20.1 Å². The number of anilines is 3. The third-order valence-electron chi connectivity index (χ3n) is 2.95. The largest absolute Gasteiger partial charge is 0.353 e. The number of nitrogens with one attached hydrogen (secondary N) is 2. The Hall–Kier alpha value is -2.21. The van der Waals surface area contributed by atoms with Gasteiger partial charge in [-0.1, -0.05) is 17.7 Å². The second-order valence-electron chi connectivity index (χ2n) is 5.24. The molecule has 0 spiro atoms. The zero-order valence-corrected chi connectivity index (χ0v) is 12.8. The van der Waals surface area contributed by atoms with Crippen LogP contribution in [0.1, 0.15) is 12.0 Å². The van der Waals surface area contributed by atoms with E-state index in [2.05, 4.69) is 63.9 Å². The highest BCUT2D eigenvalue weighted by Crippen LogP contribution is 2.14. The zero-order chi connectivity index (χ0) is 15.1. The minimum atomic E-state index is 0.547. The lowest BCUT2D eigenvalue weighted by atomic mass is 10.2. The van der Waals surface area contributed by atoms with Crippen LogP contribution in [0.3, 0.4) is 0 Å². The van der Waals surface area contributed by atoms with E-state index in [-0.39, 0.29) is 0 Å². The average molecular weight is 286 g/mol. The minimum absolute atomic E-state index is 0.547. The van der Waals surface area contributed by atoms with Crippen molar-refractivity contribution in [3.05, 3.63) is 36.0 Å². The van der Waals surface area contributed by atoms with Crippen LogP contribution < -0.4 is 10.6 Å². The Labute approximate surface area is 125 Å². The van der Waals surface area contributed by atoms with E-state index in [0.717, 1.165) is 25.2 Å². The molecule has 0 saturated heterocycles. The molecule has 1 aromatic carbocycles. The maximum Gasteiger partial charge on any atom is 0.244 e. The van der Waals surface area contributed by atoms with Crippen molar-refractivity contribution in [3.8, 4) is 0 Å². The molecule has 0 aliphatic carbocycles. The van der Waals surface area contributed by atoms with Gasteiger partial charge >= 0.3 is 0 Å². The summed E-state index contributed by atoms with van der Waals surface area (Å²) in [4.78, 5) is 6.55. The summed E-state index contributed by atoms with van der Waals surface area (Å²) in [6.07, 6.45) is 2.65. The summed E-state index contributed by atoms with van der Waals surface area (Å²) in [6.45, 7) is 3.92. The highest BCUT2D eigenvalue weighted by atomic mass is 15.3. The van der Waals surface area contributed by atoms with Crippen LogP contribution in [0.4, 0.5) is 17.5 Å². The van der Waals surface area contributed by atoms with Crippen LogP contribution >= 0.6 is 0 Å². The molecule has 2 rings (SSSR count). The van der Waals surface area contributed by atoms with Crippen molar-refractivity contribution >= 4 is 17.5 Å².